The lowest BCUT2D eigenvalue weighted by atomic mass is 10.1. The Kier molecular flexibility index (Phi) is 4.63. The monoisotopic (exact) mass is 211 g/mol. The van der Waals surface area contributed by atoms with Crippen molar-refractivity contribution in [2.75, 3.05) is 20.1 Å². The Labute approximate surface area is 89.5 Å². The number of halogens is 1. The molecule has 0 unspecified atom stereocenters. The standard InChI is InChI=1S/C11H14ClNO/c1-13(8-9-14)7-6-10-2-4-11(12)5-3-10/h2-5,9H,6-8H2,1H3. The van der Waals surface area contributed by atoms with Crippen molar-refractivity contribution >= 4 is 17.9 Å². The van der Waals surface area contributed by atoms with Crippen LogP contribution in [-0.4, -0.2) is 31.3 Å². The third-order valence-electron chi connectivity index (χ3n) is 2.08. The van der Waals surface area contributed by atoms with Crippen LogP contribution in [0.4, 0.5) is 0 Å². The summed E-state index contributed by atoms with van der Waals surface area (Å²) in [5, 5.41) is 0.759. The van der Waals surface area contributed by atoms with Crippen LogP contribution in [0.3, 0.4) is 0 Å². The summed E-state index contributed by atoms with van der Waals surface area (Å²) < 4.78 is 0. The summed E-state index contributed by atoms with van der Waals surface area (Å²) >= 11 is 5.77. The van der Waals surface area contributed by atoms with E-state index in [2.05, 4.69) is 0 Å². The Hall–Kier alpha value is -0.860. The zero-order valence-electron chi connectivity index (χ0n) is 8.24. The Balaban J connectivity index is 2.37. The van der Waals surface area contributed by atoms with E-state index in [-0.39, 0.29) is 0 Å². The summed E-state index contributed by atoms with van der Waals surface area (Å²) in [5.74, 6) is 0. The maximum absolute atomic E-state index is 10.2. The highest BCUT2D eigenvalue weighted by atomic mass is 35.5. The fraction of sp³-hybridized carbons (Fsp3) is 0.364. The maximum Gasteiger partial charge on any atom is 0.133 e. The molecule has 0 saturated heterocycles. The molecule has 0 atom stereocenters. The maximum atomic E-state index is 10.2. The Morgan fingerprint density at radius 3 is 2.57 bits per heavy atom. The van der Waals surface area contributed by atoms with Gasteiger partial charge in [0.15, 0.2) is 0 Å². The zero-order valence-corrected chi connectivity index (χ0v) is 9.00. The normalized spacial score (nSPS) is 10.5. The largest absolute Gasteiger partial charge is 0.302 e. The van der Waals surface area contributed by atoms with Gasteiger partial charge in [-0.05, 0) is 31.2 Å². The molecule has 0 N–H and O–H groups in total. The van der Waals surface area contributed by atoms with Crippen LogP contribution in [0.2, 0.25) is 5.02 Å². The van der Waals surface area contributed by atoms with Crippen LogP contribution in [-0.2, 0) is 11.2 Å². The molecule has 0 aliphatic heterocycles. The number of hydrogen-bond donors (Lipinski definition) is 0. The molecule has 3 heteroatoms. The number of rotatable bonds is 5. The molecule has 1 rings (SSSR count). The van der Waals surface area contributed by atoms with Crippen molar-refractivity contribution in [1.29, 1.82) is 0 Å². The minimum absolute atomic E-state index is 0.494. The van der Waals surface area contributed by atoms with Gasteiger partial charge >= 0.3 is 0 Å². The second-order valence-corrected chi connectivity index (χ2v) is 3.74. The number of carbonyl (C=O) groups excluding carboxylic acids is 1. The lowest BCUT2D eigenvalue weighted by molar-refractivity contribution is -0.108. The van der Waals surface area contributed by atoms with E-state index in [1.807, 2.05) is 36.2 Å². The fourth-order valence-electron chi connectivity index (χ4n) is 1.19. The molecule has 0 saturated carbocycles. The highest BCUT2D eigenvalue weighted by Gasteiger charge is 1.98. The quantitative estimate of drug-likeness (QED) is 0.695. The number of benzene rings is 1. The molecular weight excluding hydrogens is 198 g/mol. The Morgan fingerprint density at radius 1 is 1.36 bits per heavy atom. The average Bonchev–Trinajstić information content (AvgIpc) is 2.17. The number of carbonyl (C=O) groups is 1. The summed E-state index contributed by atoms with van der Waals surface area (Å²) in [6.45, 7) is 1.38. The molecule has 14 heavy (non-hydrogen) atoms. The van der Waals surface area contributed by atoms with Crippen molar-refractivity contribution < 1.29 is 4.79 Å². The van der Waals surface area contributed by atoms with Gasteiger partial charge < -0.3 is 4.79 Å². The van der Waals surface area contributed by atoms with Gasteiger partial charge in [-0.25, -0.2) is 0 Å². The van der Waals surface area contributed by atoms with Gasteiger partial charge in [-0.15, -0.1) is 0 Å². The van der Waals surface area contributed by atoms with Crippen molar-refractivity contribution in [2.24, 2.45) is 0 Å². The smallest absolute Gasteiger partial charge is 0.133 e. The van der Waals surface area contributed by atoms with Gasteiger partial charge in [-0.3, -0.25) is 4.90 Å². The molecule has 1 aromatic carbocycles. The van der Waals surface area contributed by atoms with E-state index in [0.29, 0.717) is 6.54 Å². The molecule has 76 valence electrons. The summed E-state index contributed by atoms with van der Waals surface area (Å²) in [6.07, 6.45) is 1.86. The summed E-state index contributed by atoms with van der Waals surface area (Å²) in [4.78, 5) is 12.2. The predicted octanol–water partition coefficient (Wildman–Crippen LogP) is 2.01. The van der Waals surface area contributed by atoms with Crippen LogP contribution in [0.5, 0.6) is 0 Å². The van der Waals surface area contributed by atoms with Gasteiger partial charge in [0.1, 0.15) is 6.29 Å². The molecule has 0 fully saturated rings. The Bertz CT molecular complexity index is 284. The predicted molar refractivity (Wildman–Crippen MR) is 58.7 cm³/mol. The molecule has 0 spiro atoms. The first-order valence-corrected chi connectivity index (χ1v) is 4.97. The minimum atomic E-state index is 0.494. The molecule has 0 aromatic heterocycles. The zero-order chi connectivity index (χ0) is 10.4. The van der Waals surface area contributed by atoms with E-state index < -0.39 is 0 Å². The number of hydrogen-bond acceptors (Lipinski definition) is 2. The highest BCUT2D eigenvalue weighted by molar-refractivity contribution is 6.30. The number of likely N-dealkylation sites (N-methyl/N-ethyl adjacent to an activating group) is 1. The fourth-order valence-corrected chi connectivity index (χ4v) is 1.32. The molecule has 0 radical (unpaired) electrons. The van der Waals surface area contributed by atoms with Gasteiger partial charge in [0.2, 0.25) is 0 Å². The molecule has 1 aromatic rings. The second-order valence-electron chi connectivity index (χ2n) is 3.31. The van der Waals surface area contributed by atoms with Crippen LogP contribution >= 0.6 is 11.6 Å². The van der Waals surface area contributed by atoms with Crippen LogP contribution < -0.4 is 0 Å². The third kappa shape index (κ3) is 3.90. The van der Waals surface area contributed by atoms with E-state index in [1.165, 1.54) is 5.56 Å². The van der Waals surface area contributed by atoms with Crippen LogP contribution in [0, 0.1) is 0 Å². The molecular formula is C11H14ClNO. The average molecular weight is 212 g/mol. The van der Waals surface area contributed by atoms with Crippen molar-refractivity contribution in [3.63, 3.8) is 0 Å². The lowest BCUT2D eigenvalue weighted by Crippen LogP contribution is -2.23. The number of aldehydes is 1. The summed E-state index contributed by atoms with van der Waals surface area (Å²) in [5.41, 5.74) is 1.24. The first-order chi connectivity index (χ1) is 6.72. The van der Waals surface area contributed by atoms with Gasteiger partial charge in [0, 0.05) is 11.6 Å². The van der Waals surface area contributed by atoms with Crippen LogP contribution in [0.15, 0.2) is 24.3 Å². The summed E-state index contributed by atoms with van der Waals surface area (Å²) in [7, 11) is 1.93. The number of nitrogens with zero attached hydrogens (tertiary/aromatic N) is 1. The van der Waals surface area contributed by atoms with E-state index in [0.717, 1.165) is 24.3 Å². The molecule has 0 aliphatic rings. The van der Waals surface area contributed by atoms with Crippen LogP contribution in [0.25, 0.3) is 0 Å². The SMILES string of the molecule is CN(CC=O)CCc1ccc(Cl)cc1. The van der Waals surface area contributed by atoms with Crippen molar-refractivity contribution in [3.05, 3.63) is 34.9 Å². The molecule has 0 amide bonds. The van der Waals surface area contributed by atoms with Gasteiger partial charge in [-0.1, -0.05) is 23.7 Å². The topological polar surface area (TPSA) is 20.3 Å². The second kappa shape index (κ2) is 5.78. The van der Waals surface area contributed by atoms with Crippen molar-refractivity contribution in [3.8, 4) is 0 Å². The van der Waals surface area contributed by atoms with E-state index in [9.17, 15) is 4.79 Å². The molecule has 2 nitrogen and oxygen atoms in total. The first-order valence-electron chi connectivity index (χ1n) is 4.59. The minimum Gasteiger partial charge on any atom is -0.302 e. The van der Waals surface area contributed by atoms with Gasteiger partial charge in [0.25, 0.3) is 0 Å². The Morgan fingerprint density at radius 2 is 2.00 bits per heavy atom. The molecule has 0 heterocycles. The molecule has 0 aliphatic carbocycles. The van der Waals surface area contributed by atoms with Crippen molar-refractivity contribution in [1.82, 2.24) is 4.90 Å². The first kappa shape index (κ1) is 11.2. The van der Waals surface area contributed by atoms with E-state index in [1.54, 1.807) is 0 Å². The molecule has 0 bridgehead atoms. The lowest BCUT2D eigenvalue weighted by Gasteiger charge is -2.12. The highest BCUT2D eigenvalue weighted by Crippen LogP contribution is 2.09. The van der Waals surface area contributed by atoms with Gasteiger partial charge in [-0.2, -0.15) is 0 Å². The van der Waals surface area contributed by atoms with E-state index >= 15 is 0 Å². The van der Waals surface area contributed by atoms with Gasteiger partial charge in [0.05, 0.1) is 6.54 Å². The van der Waals surface area contributed by atoms with Crippen LogP contribution in [0.1, 0.15) is 5.56 Å². The third-order valence-corrected chi connectivity index (χ3v) is 2.33. The summed E-state index contributed by atoms with van der Waals surface area (Å²) in [6, 6.07) is 7.79. The van der Waals surface area contributed by atoms with E-state index in [4.69, 9.17) is 11.6 Å². The van der Waals surface area contributed by atoms with Crippen molar-refractivity contribution in [2.45, 2.75) is 6.42 Å².